The molecule has 36 heavy (non-hydrogen) atoms. The van der Waals surface area contributed by atoms with Gasteiger partial charge in [0.1, 0.15) is 15.9 Å². The molecule has 2 amide bonds. The predicted molar refractivity (Wildman–Crippen MR) is 146 cm³/mol. The summed E-state index contributed by atoms with van der Waals surface area (Å²) in [6.07, 6.45) is 6.72. The average molecular weight is 526 g/mol. The van der Waals surface area contributed by atoms with E-state index in [9.17, 15) is 9.59 Å². The van der Waals surface area contributed by atoms with Gasteiger partial charge in [0.25, 0.3) is 5.91 Å². The van der Waals surface area contributed by atoms with Crippen molar-refractivity contribution >= 4 is 46.1 Å². The van der Waals surface area contributed by atoms with Crippen LogP contribution < -0.4 is 16.0 Å². The normalized spacial score (nSPS) is 15.3. The van der Waals surface area contributed by atoms with E-state index in [4.69, 9.17) is 11.6 Å². The van der Waals surface area contributed by atoms with Gasteiger partial charge in [-0.15, -0.1) is 11.3 Å². The lowest BCUT2D eigenvalue weighted by Gasteiger charge is -2.21. The number of nitrogens with zero attached hydrogens (tertiary/aromatic N) is 2. The molecule has 0 aliphatic heterocycles. The molecule has 3 N–H and O–H groups in total. The first-order valence-corrected chi connectivity index (χ1v) is 13.5. The van der Waals surface area contributed by atoms with Gasteiger partial charge in [-0.25, -0.2) is 4.98 Å². The van der Waals surface area contributed by atoms with Crippen molar-refractivity contribution in [1.82, 2.24) is 15.3 Å². The molecule has 2 unspecified atom stereocenters. The van der Waals surface area contributed by atoms with Crippen molar-refractivity contribution in [1.29, 1.82) is 0 Å². The van der Waals surface area contributed by atoms with Crippen LogP contribution in [0.15, 0.2) is 42.6 Å². The summed E-state index contributed by atoms with van der Waals surface area (Å²) >= 11 is 7.40. The van der Waals surface area contributed by atoms with Crippen molar-refractivity contribution in [2.45, 2.75) is 65.0 Å². The van der Waals surface area contributed by atoms with Gasteiger partial charge in [0.15, 0.2) is 0 Å². The van der Waals surface area contributed by atoms with Crippen LogP contribution in [0.1, 0.15) is 71.1 Å². The highest BCUT2D eigenvalue weighted by Gasteiger charge is 2.28. The van der Waals surface area contributed by atoms with Crippen molar-refractivity contribution in [3.05, 3.63) is 68.9 Å². The van der Waals surface area contributed by atoms with Crippen molar-refractivity contribution in [3.63, 3.8) is 0 Å². The molecule has 4 rings (SSSR count). The summed E-state index contributed by atoms with van der Waals surface area (Å²) in [5.74, 6) is -0.0594. The van der Waals surface area contributed by atoms with Gasteiger partial charge in [-0.2, -0.15) is 0 Å². The molecule has 9 heteroatoms. The Kier molecular flexibility index (Phi) is 8.59. The predicted octanol–water partition coefficient (Wildman–Crippen LogP) is 6.30. The molecule has 0 radical (unpaired) electrons. The Hall–Kier alpha value is -2.97. The standard InChI is InChI=1S/C27H32ClN5O2S/c1-16-11-22(12-17(2)30-16)32-25(34)23(13-19-7-4-5-8-19)33-26(35)24-15-29-27(36-24)18(3)31-21-10-6-9-20(28)14-21/h6,9-12,14-15,18-19,23,31H,4-5,7-8,13H2,1-3H3,(H,33,35)(H,30,32,34). The van der Waals surface area contributed by atoms with E-state index in [2.05, 4.69) is 25.9 Å². The highest BCUT2D eigenvalue weighted by molar-refractivity contribution is 7.13. The maximum atomic E-state index is 13.3. The summed E-state index contributed by atoms with van der Waals surface area (Å²) in [5.41, 5.74) is 3.24. The Balaban J connectivity index is 1.44. The molecule has 0 spiro atoms. The van der Waals surface area contributed by atoms with E-state index in [1.54, 1.807) is 6.20 Å². The zero-order valence-electron chi connectivity index (χ0n) is 20.8. The number of carbonyl (C=O) groups excluding carboxylic acids is 2. The van der Waals surface area contributed by atoms with Crippen LogP contribution in [0.5, 0.6) is 0 Å². The van der Waals surface area contributed by atoms with E-state index in [1.165, 1.54) is 24.2 Å². The van der Waals surface area contributed by atoms with E-state index < -0.39 is 6.04 Å². The molecule has 0 bridgehead atoms. The van der Waals surface area contributed by atoms with Crippen molar-refractivity contribution in [2.24, 2.45) is 5.92 Å². The van der Waals surface area contributed by atoms with Crippen LogP contribution in [0.2, 0.25) is 5.02 Å². The van der Waals surface area contributed by atoms with Gasteiger partial charge in [-0.3, -0.25) is 14.6 Å². The van der Waals surface area contributed by atoms with E-state index in [-0.39, 0.29) is 17.9 Å². The first-order chi connectivity index (χ1) is 17.3. The highest BCUT2D eigenvalue weighted by Crippen LogP contribution is 2.30. The Morgan fingerprint density at radius 3 is 2.53 bits per heavy atom. The number of halogens is 1. The summed E-state index contributed by atoms with van der Waals surface area (Å²) in [6.45, 7) is 5.77. The summed E-state index contributed by atoms with van der Waals surface area (Å²) in [5, 5.41) is 10.8. The quantitative estimate of drug-likeness (QED) is 0.304. The number of carbonyl (C=O) groups is 2. The minimum Gasteiger partial charge on any atom is -0.376 e. The SMILES string of the molecule is Cc1cc(NC(=O)C(CC2CCCC2)NC(=O)c2cnc(C(C)Nc3cccc(Cl)c3)s2)cc(C)n1. The van der Waals surface area contributed by atoms with Gasteiger partial charge < -0.3 is 16.0 Å². The number of anilines is 2. The molecule has 1 aliphatic rings. The summed E-state index contributed by atoms with van der Waals surface area (Å²) in [7, 11) is 0. The van der Waals surface area contributed by atoms with Gasteiger partial charge in [0.2, 0.25) is 5.91 Å². The second-order valence-corrected chi connectivity index (χ2v) is 11.0. The Bertz CT molecular complexity index is 1200. The molecule has 1 saturated carbocycles. The van der Waals surface area contributed by atoms with Gasteiger partial charge >= 0.3 is 0 Å². The summed E-state index contributed by atoms with van der Waals surface area (Å²) < 4.78 is 0. The monoisotopic (exact) mass is 525 g/mol. The zero-order valence-corrected chi connectivity index (χ0v) is 22.4. The maximum absolute atomic E-state index is 13.3. The van der Waals surface area contributed by atoms with Crippen LogP contribution in [0, 0.1) is 19.8 Å². The van der Waals surface area contributed by atoms with Crippen molar-refractivity contribution < 1.29 is 9.59 Å². The van der Waals surface area contributed by atoms with Crippen molar-refractivity contribution in [2.75, 3.05) is 10.6 Å². The summed E-state index contributed by atoms with van der Waals surface area (Å²) in [6, 6.07) is 10.4. The van der Waals surface area contributed by atoms with Crippen LogP contribution in [0.25, 0.3) is 0 Å². The van der Waals surface area contributed by atoms with E-state index in [0.717, 1.165) is 34.9 Å². The van der Waals surface area contributed by atoms with Crippen LogP contribution in [0.3, 0.4) is 0 Å². The van der Waals surface area contributed by atoms with Gasteiger partial charge in [-0.1, -0.05) is 43.4 Å². The number of nitrogens with one attached hydrogen (secondary N) is 3. The van der Waals surface area contributed by atoms with Crippen LogP contribution in [-0.2, 0) is 4.79 Å². The smallest absolute Gasteiger partial charge is 0.263 e. The molecule has 190 valence electrons. The molecule has 3 aromatic rings. The molecule has 2 heterocycles. The number of amides is 2. The van der Waals surface area contributed by atoms with Crippen LogP contribution in [-0.4, -0.2) is 27.8 Å². The maximum Gasteiger partial charge on any atom is 0.263 e. The number of aryl methyl sites for hydroxylation is 2. The molecule has 1 fully saturated rings. The van der Waals surface area contributed by atoms with Gasteiger partial charge in [-0.05, 0) is 63.4 Å². The minimum absolute atomic E-state index is 0.106. The molecular formula is C27H32ClN5O2S. The third-order valence-electron chi connectivity index (χ3n) is 6.34. The first-order valence-electron chi connectivity index (χ1n) is 12.3. The molecule has 1 aliphatic carbocycles. The molecule has 2 atom stereocenters. The van der Waals surface area contributed by atoms with E-state index >= 15 is 0 Å². The van der Waals surface area contributed by atoms with E-state index in [0.29, 0.717) is 27.9 Å². The Morgan fingerprint density at radius 2 is 1.83 bits per heavy atom. The highest BCUT2D eigenvalue weighted by atomic mass is 35.5. The van der Waals surface area contributed by atoms with E-state index in [1.807, 2.05) is 57.2 Å². The van der Waals surface area contributed by atoms with Crippen LogP contribution >= 0.6 is 22.9 Å². The number of hydrogen-bond acceptors (Lipinski definition) is 6. The van der Waals surface area contributed by atoms with Crippen molar-refractivity contribution in [3.8, 4) is 0 Å². The van der Waals surface area contributed by atoms with Crippen LogP contribution in [0.4, 0.5) is 11.4 Å². The number of rotatable bonds is 9. The lowest BCUT2D eigenvalue weighted by atomic mass is 9.97. The molecule has 7 nitrogen and oxygen atoms in total. The third kappa shape index (κ3) is 7.04. The lowest BCUT2D eigenvalue weighted by molar-refractivity contribution is -0.118. The fourth-order valence-electron chi connectivity index (χ4n) is 4.66. The Morgan fingerprint density at radius 1 is 1.11 bits per heavy atom. The lowest BCUT2D eigenvalue weighted by Crippen LogP contribution is -2.44. The number of benzene rings is 1. The molecular weight excluding hydrogens is 494 g/mol. The topological polar surface area (TPSA) is 96.0 Å². The number of pyridine rings is 1. The minimum atomic E-state index is -0.623. The summed E-state index contributed by atoms with van der Waals surface area (Å²) in [4.78, 5) is 35.7. The van der Waals surface area contributed by atoms with Gasteiger partial charge in [0.05, 0.1) is 12.2 Å². The fraction of sp³-hybridized carbons (Fsp3) is 0.407. The Labute approximate surface area is 221 Å². The molecule has 2 aromatic heterocycles. The number of thiazole rings is 1. The molecule has 1 aromatic carbocycles. The zero-order chi connectivity index (χ0) is 25.7. The average Bonchev–Trinajstić information content (AvgIpc) is 3.50. The first kappa shape index (κ1) is 26.1. The fourth-order valence-corrected chi connectivity index (χ4v) is 5.67. The largest absolute Gasteiger partial charge is 0.376 e. The molecule has 0 saturated heterocycles. The third-order valence-corrected chi connectivity index (χ3v) is 7.75. The second-order valence-electron chi connectivity index (χ2n) is 9.48. The number of hydrogen-bond donors (Lipinski definition) is 3. The number of aromatic nitrogens is 2. The van der Waals surface area contributed by atoms with Gasteiger partial charge in [0, 0.05) is 27.8 Å². The second kappa shape index (κ2) is 11.8.